The third kappa shape index (κ3) is 5.45. The van der Waals surface area contributed by atoms with Gasteiger partial charge in [-0.15, -0.1) is 10.2 Å². The third-order valence-electron chi connectivity index (χ3n) is 6.71. The summed E-state index contributed by atoms with van der Waals surface area (Å²) >= 11 is 0. The van der Waals surface area contributed by atoms with E-state index < -0.39 is 32.8 Å². The Bertz CT molecular complexity index is 1550. The van der Waals surface area contributed by atoms with Crippen molar-refractivity contribution in [3.05, 3.63) is 66.8 Å². The molecule has 1 aliphatic heterocycles. The predicted molar refractivity (Wildman–Crippen MR) is 144 cm³/mol. The zero-order valence-electron chi connectivity index (χ0n) is 22.1. The third-order valence-corrected chi connectivity index (χ3v) is 8.73. The molecule has 4 aromatic rings. The summed E-state index contributed by atoms with van der Waals surface area (Å²) in [5.41, 5.74) is 1.09. The van der Waals surface area contributed by atoms with E-state index in [1.807, 2.05) is 0 Å². The average molecular weight is 570 g/mol. The first-order valence-electron chi connectivity index (χ1n) is 12.4. The number of pyridine rings is 1. The van der Waals surface area contributed by atoms with Crippen LogP contribution in [0.4, 0.5) is 10.3 Å². The normalized spacial score (nSPS) is 17.6. The van der Waals surface area contributed by atoms with Crippen LogP contribution >= 0.6 is 0 Å². The number of piperidine rings is 1. The maximum atomic E-state index is 13.9. The number of halogens is 1. The molecule has 4 heterocycles. The number of nitrogens with zero attached hydrogens (tertiary/aromatic N) is 7. The van der Waals surface area contributed by atoms with Crippen LogP contribution in [-0.4, -0.2) is 83.9 Å². The van der Waals surface area contributed by atoms with Crippen molar-refractivity contribution in [3.63, 3.8) is 0 Å². The van der Waals surface area contributed by atoms with E-state index in [1.54, 1.807) is 52.2 Å². The molecule has 0 bridgehead atoms. The SMILES string of the molecule is COc1cccc(OC)c1-n1c(CS(=O)(=O)[C@H]2C[C@@H](OC)CN(c3ncc(F)cn3)C2)nnc1-c1cccnc1. The number of aromatic nitrogens is 6. The molecular weight excluding hydrogens is 541 g/mol. The number of hydrogen-bond donors (Lipinski definition) is 0. The second-order valence-electron chi connectivity index (χ2n) is 9.16. The van der Waals surface area contributed by atoms with Gasteiger partial charge in [0.05, 0.1) is 38.0 Å². The maximum Gasteiger partial charge on any atom is 0.225 e. The second-order valence-corrected chi connectivity index (χ2v) is 11.4. The van der Waals surface area contributed by atoms with Gasteiger partial charge in [0.25, 0.3) is 0 Å². The van der Waals surface area contributed by atoms with Gasteiger partial charge in [-0.3, -0.25) is 9.55 Å². The van der Waals surface area contributed by atoms with E-state index in [4.69, 9.17) is 14.2 Å². The fraction of sp³-hybridized carbons (Fsp3) is 0.346. The molecule has 40 heavy (non-hydrogen) atoms. The van der Waals surface area contributed by atoms with Crippen LogP contribution < -0.4 is 14.4 Å². The Morgan fingerprint density at radius 2 is 1.70 bits per heavy atom. The van der Waals surface area contributed by atoms with Gasteiger partial charge >= 0.3 is 0 Å². The summed E-state index contributed by atoms with van der Waals surface area (Å²) in [7, 11) is 0.714. The molecule has 210 valence electrons. The summed E-state index contributed by atoms with van der Waals surface area (Å²) in [5.74, 6) is 0.652. The van der Waals surface area contributed by atoms with Crippen molar-refractivity contribution in [2.24, 2.45) is 0 Å². The van der Waals surface area contributed by atoms with E-state index in [0.29, 0.717) is 35.1 Å². The number of benzene rings is 1. The molecule has 0 unspecified atom stereocenters. The number of anilines is 1. The Morgan fingerprint density at radius 3 is 2.33 bits per heavy atom. The molecule has 1 saturated heterocycles. The fourth-order valence-electron chi connectivity index (χ4n) is 4.75. The van der Waals surface area contributed by atoms with Gasteiger partial charge in [0.15, 0.2) is 27.3 Å². The Morgan fingerprint density at radius 1 is 0.975 bits per heavy atom. The van der Waals surface area contributed by atoms with Crippen LogP contribution in [0.15, 0.2) is 55.1 Å². The summed E-state index contributed by atoms with van der Waals surface area (Å²) in [4.78, 5) is 13.9. The Balaban J connectivity index is 1.56. The largest absolute Gasteiger partial charge is 0.494 e. The lowest BCUT2D eigenvalue weighted by atomic mass is 10.1. The van der Waals surface area contributed by atoms with Gasteiger partial charge in [0.1, 0.15) is 22.9 Å². The van der Waals surface area contributed by atoms with Crippen molar-refractivity contribution in [2.45, 2.75) is 23.5 Å². The highest BCUT2D eigenvalue weighted by Gasteiger charge is 2.38. The van der Waals surface area contributed by atoms with Crippen LogP contribution in [0, 0.1) is 5.82 Å². The highest BCUT2D eigenvalue weighted by molar-refractivity contribution is 7.91. The first-order chi connectivity index (χ1) is 19.3. The summed E-state index contributed by atoms with van der Waals surface area (Å²) in [6, 6.07) is 8.81. The quantitative estimate of drug-likeness (QED) is 0.294. The standard InChI is InChI=1S/C26H28FN7O5S/c1-37-19-10-20(15-33(14-19)26-29-12-18(27)13-30-26)40(35,36)16-23-31-32-25(17-6-5-9-28-11-17)34(23)24-21(38-2)7-4-8-22(24)39-3/h4-9,11-13,19-20H,10,14-16H2,1-3H3/t19-,20+/m1/s1. The van der Waals surface area contributed by atoms with E-state index >= 15 is 0 Å². The molecule has 1 fully saturated rings. The molecule has 0 amide bonds. The molecule has 0 spiro atoms. The molecule has 3 aromatic heterocycles. The molecular formula is C26H28FN7O5S. The summed E-state index contributed by atoms with van der Waals surface area (Å²) in [6.45, 7) is 0.476. The topological polar surface area (TPSA) is 134 Å². The van der Waals surface area contributed by atoms with Crippen molar-refractivity contribution < 1.29 is 27.0 Å². The summed E-state index contributed by atoms with van der Waals surface area (Å²) in [6.07, 6.45) is 5.20. The molecule has 2 atom stereocenters. The lowest BCUT2D eigenvalue weighted by Crippen LogP contribution is -2.50. The zero-order chi connectivity index (χ0) is 28.3. The fourth-order valence-corrected chi connectivity index (χ4v) is 6.45. The van der Waals surface area contributed by atoms with E-state index in [2.05, 4.69) is 25.1 Å². The Hall–Kier alpha value is -4.17. The van der Waals surface area contributed by atoms with Crippen molar-refractivity contribution in [2.75, 3.05) is 39.3 Å². The van der Waals surface area contributed by atoms with Gasteiger partial charge < -0.3 is 19.1 Å². The highest BCUT2D eigenvalue weighted by atomic mass is 32.2. The number of sulfone groups is 1. The summed E-state index contributed by atoms with van der Waals surface area (Å²) in [5, 5.41) is 7.82. The van der Waals surface area contributed by atoms with Gasteiger partial charge in [0.2, 0.25) is 5.95 Å². The van der Waals surface area contributed by atoms with Crippen LogP contribution in [0.3, 0.4) is 0 Å². The van der Waals surface area contributed by atoms with Crippen molar-refractivity contribution in [1.82, 2.24) is 29.7 Å². The minimum absolute atomic E-state index is 0.107. The Kier molecular flexibility index (Phi) is 7.89. The van der Waals surface area contributed by atoms with Crippen LogP contribution in [0.5, 0.6) is 11.5 Å². The van der Waals surface area contributed by atoms with E-state index in [1.165, 1.54) is 21.3 Å². The Labute approximate surface area is 230 Å². The molecule has 5 rings (SSSR count). The number of ether oxygens (including phenoxy) is 3. The first kappa shape index (κ1) is 27.4. The predicted octanol–water partition coefficient (Wildman–Crippen LogP) is 2.48. The van der Waals surface area contributed by atoms with Crippen LogP contribution in [0.25, 0.3) is 17.1 Å². The first-order valence-corrected chi connectivity index (χ1v) is 14.1. The highest BCUT2D eigenvalue weighted by Crippen LogP contribution is 2.37. The minimum Gasteiger partial charge on any atom is -0.494 e. The monoisotopic (exact) mass is 569 g/mol. The van der Waals surface area contributed by atoms with Crippen molar-refractivity contribution in [3.8, 4) is 28.6 Å². The molecule has 1 aromatic carbocycles. The number of para-hydroxylation sites is 1. The number of methoxy groups -OCH3 is 3. The molecule has 0 radical (unpaired) electrons. The van der Waals surface area contributed by atoms with Crippen molar-refractivity contribution in [1.29, 1.82) is 0 Å². The van der Waals surface area contributed by atoms with Crippen LogP contribution in [-0.2, 0) is 20.3 Å². The second kappa shape index (κ2) is 11.5. The van der Waals surface area contributed by atoms with Crippen LogP contribution in [0.2, 0.25) is 0 Å². The van der Waals surface area contributed by atoms with Gasteiger partial charge in [-0.2, -0.15) is 0 Å². The van der Waals surface area contributed by atoms with E-state index in [0.717, 1.165) is 12.4 Å². The molecule has 0 aliphatic carbocycles. The lowest BCUT2D eigenvalue weighted by Gasteiger charge is -2.36. The smallest absolute Gasteiger partial charge is 0.225 e. The van der Waals surface area contributed by atoms with Gasteiger partial charge in [-0.05, 0) is 30.7 Å². The van der Waals surface area contributed by atoms with Crippen LogP contribution in [0.1, 0.15) is 12.2 Å². The zero-order valence-corrected chi connectivity index (χ0v) is 23.0. The molecule has 14 heteroatoms. The van der Waals surface area contributed by atoms with Crippen molar-refractivity contribution >= 4 is 15.8 Å². The molecule has 0 saturated carbocycles. The van der Waals surface area contributed by atoms with Gasteiger partial charge in [-0.1, -0.05) is 6.07 Å². The molecule has 0 N–H and O–H groups in total. The minimum atomic E-state index is -3.84. The van der Waals surface area contributed by atoms with E-state index in [-0.39, 0.29) is 24.7 Å². The number of hydrogen-bond acceptors (Lipinski definition) is 11. The van der Waals surface area contributed by atoms with Gasteiger partial charge in [-0.25, -0.2) is 22.8 Å². The molecule has 1 aliphatic rings. The number of rotatable bonds is 9. The van der Waals surface area contributed by atoms with E-state index in [9.17, 15) is 12.8 Å². The summed E-state index contributed by atoms with van der Waals surface area (Å²) < 4.78 is 59.7. The lowest BCUT2D eigenvalue weighted by molar-refractivity contribution is 0.0897. The van der Waals surface area contributed by atoms with Gasteiger partial charge in [0, 0.05) is 38.2 Å². The average Bonchev–Trinajstić information content (AvgIpc) is 3.39. The maximum absolute atomic E-state index is 13.9. The molecule has 12 nitrogen and oxygen atoms in total.